The number of hydrogen-bond acceptors (Lipinski definition) is 3. The lowest BCUT2D eigenvalue weighted by atomic mass is 10.2. The molecule has 0 N–H and O–H groups in total. The summed E-state index contributed by atoms with van der Waals surface area (Å²) in [6.07, 6.45) is 1.44. The van der Waals surface area contributed by atoms with Gasteiger partial charge in [-0.2, -0.15) is 4.73 Å². The van der Waals surface area contributed by atoms with E-state index in [1.165, 1.54) is 17.5 Å². The molecule has 0 aliphatic heterocycles. The molecular weight excluding hydrogens is 310 g/mol. The fourth-order valence-corrected chi connectivity index (χ4v) is 3.89. The van der Waals surface area contributed by atoms with E-state index >= 15 is 0 Å². The number of aromatic nitrogens is 1. The van der Waals surface area contributed by atoms with E-state index in [1.807, 2.05) is 6.07 Å². The number of fused-ring (bicyclic) bond motifs is 1. The van der Waals surface area contributed by atoms with E-state index in [0.29, 0.717) is 17.1 Å². The summed E-state index contributed by atoms with van der Waals surface area (Å²) in [6.45, 7) is 11.6. The van der Waals surface area contributed by atoms with Crippen LogP contribution in [0.3, 0.4) is 0 Å². The Morgan fingerprint density at radius 3 is 2.60 bits per heavy atom. The van der Waals surface area contributed by atoms with E-state index in [2.05, 4.69) is 33.9 Å². The number of rotatable bonds is 3. The molecule has 0 unspecified atom stereocenters. The van der Waals surface area contributed by atoms with Crippen LogP contribution in [-0.2, 0) is 11.0 Å². The highest BCUT2D eigenvalue weighted by Crippen LogP contribution is 2.38. The summed E-state index contributed by atoms with van der Waals surface area (Å²) in [5.74, 6) is 0. The maximum absolute atomic E-state index is 11.7. The van der Waals surface area contributed by atoms with Gasteiger partial charge in [0, 0.05) is 17.0 Å². The van der Waals surface area contributed by atoms with Gasteiger partial charge in [-0.3, -0.25) is 0 Å². The first-order valence-electron chi connectivity index (χ1n) is 6.56. The third kappa shape index (κ3) is 3.01. The average molecular weight is 330 g/mol. The van der Waals surface area contributed by atoms with Crippen LogP contribution in [0.5, 0.6) is 0 Å². The first-order valence-corrected chi connectivity index (χ1v) is 10.7. The lowest BCUT2D eigenvalue weighted by molar-refractivity contribution is -0.576. The molecule has 20 heavy (non-hydrogen) atoms. The van der Waals surface area contributed by atoms with Gasteiger partial charge >= 0.3 is 0 Å². The van der Waals surface area contributed by atoms with E-state index in [1.54, 1.807) is 6.07 Å². The average Bonchev–Trinajstić information content (AvgIpc) is 2.75. The zero-order chi connectivity index (χ0) is 15.1. The van der Waals surface area contributed by atoms with Gasteiger partial charge in [-0.1, -0.05) is 32.4 Å². The van der Waals surface area contributed by atoms with Crippen LogP contribution >= 0.6 is 22.9 Å². The lowest BCUT2D eigenvalue weighted by Crippen LogP contribution is -2.40. The van der Waals surface area contributed by atoms with Crippen molar-refractivity contribution in [2.45, 2.75) is 45.5 Å². The minimum absolute atomic E-state index is 0.180. The molecule has 0 atom stereocenters. The van der Waals surface area contributed by atoms with E-state index < -0.39 is 8.32 Å². The van der Waals surface area contributed by atoms with Crippen molar-refractivity contribution in [2.75, 3.05) is 0 Å². The Bertz CT molecular complexity index is 595. The molecule has 2 aromatic heterocycles. The smallest absolute Gasteiger partial charge is 0.236 e. The molecule has 2 rings (SSSR count). The van der Waals surface area contributed by atoms with E-state index in [9.17, 15) is 5.21 Å². The Labute approximate surface area is 129 Å². The highest BCUT2D eigenvalue weighted by atomic mass is 35.5. The second-order valence-corrected chi connectivity index (χ2v) is 12.8. The molecule has 6 heteroatoms. The second kappa shape index (κ2) is 5.29. The topological polar surface area (TPSA) is 36.2 Å². The molecule has 0 spiro atoms. The Balaban J connectivity index is 2.24. The predicted molar refractivity (Wildman–Crippen MR) is 87.8 cm³/mol. The van der Waals surface area contributed by atoms with Gasteiger partial charge < -0.3 is 9.63 Å². The number of hydrogen-bond donors (Lipinski definition) is 0. The van der Waals surface area contributed by atoms with Crippen LogP contribution in [-0.4, -0.2) is 8.32 Å². The van der Waals surface area contributed by atoms with Crippen LogP contribution in [0.15, 0.2) is 18.3 Å². The second-order valence-electron chi connectivity index (χ2n) is 6.47. The van der Waals surface area contributed by atoms with E-state index in [-0.39, 0.29) is 5.04 Å². The first-order chi connectivity index (χ1) is 9.12. The van der Waals surface area contributed by atoms with Crippen LogP contribution in [0.2, 0.25) is 23.2 Å². The van der Waals surface area contributed by atoms with Crippen molar-refractivity contribution in [1.29, 1.82) is 0 Å². The number of nitrogens with zero attached hydrogens (tertiary/aromatic N) is 1. The molecule has 2 aromatic rings. The van der Waals surface area contributed by atoms with Gasteiger partial charge in [-0.15, -0.1) is 11.3 Å². The van der Waals surface area contributed by atoms with Gasteiger partial charge in [0.05, 0.1) is 11.6 Å². The minimum atomic E-state index is -1.78. The molecule has 0 radical (unpaired) electrons. The summed E-state index contributed by atoms with van der Waals surface area (Å²) in [5, 5.41) is 12.5. The molecule has 0 fully saturated rings. The van der Waals surface area contributed by atoms with Crippen molar-refractivity contribution in [1.82, 2.24) is 0 Å². The van der Waals surface area contributed by atoms with Crippen LogP contribution < -0.4 is 4.73 Å². The number of pyridine rings is 1. The summed E-state index contributed by atoms with van der Waals surface area (Å²) in [6, 6.07) is 3.51. The maximum atomic E-state index is 11.7. The highest BCUT2D eigenvalue weighted by Gasteiger charge is 2.37. The van der Waals surface area contributed by atoms with Gasteiger partial charge in [0.15, 0.2) is 14.5 Å². The quantitative estimate of drug-likeness (QED) is 0.464. The van der Waals surface area contributed by atoms with Gasteiger partial charge in [-0.25, -0.2) is 0 Å². The van der Waals surface area contributed by atoms with Crippen molar-refractivity contribution in [3.8, 4) is 0 Å². The summed E-state index contributed by atoms with van der Waals surface area (Å²) >= 11 is 7.66. The normalized spacial score (nSPS) is 13.1. The van der Waals surface area contributed by atoms with Crippen LogP contribution in [0.25, 0.3) is 10.2 Å². The fourth-order valence-electron chi connectivity index (χ4n) is 1.59. The maximum Gasteiger partial charge on any atom is 0.236 e. The molecule has 2 heterocycles. The van der Waals surface area contributed by atoms with Gasteiger partial charge in [0.25, 0.3) is 0 Å². The standard InChI is InChI=1S/C14H20ClNO2SSi/c1-14(2,3)20(4,5)18-9-10-8-12-13(19-10)11(15)6-7-16(12)17/h6-8H,9H2,1-5H3. The number of thiophene rings is 1. The molecule has 0 bridgehead atoms. The third-order valence-corrected chi connectivity index (χ3v) is 9.99. The predicted octanol–water partition coefficient (Wildman–Crippen LogP) is 4.71. The first kappa shape index (κ1) is 15.8. The monoisotopic (exact) mass is 329 g/mol. The highest BCUT2D eigenvalue weighted by molar-refractivity contribution is 7.19. The summed E-state index contributed by atoms with van der Waals surface area (Å²) in [4.78, 5) is 1.04. The molecular formula is C14H20ClNO2SSi. The van der Waals surface area contributed by atoms with Gasteiger partial charge in [-0.05, 0) is 18.1 Å². The molecule has 3 nitrogen and oxygen atoms in total. The summed E-state index contributed by atoms with van der Waals surface area (Å²) in [5.41, 5.74) is 0.622. The molecule has 0 aromatic carbocycles. The Hall–Kier alpha value is -0.623. The Morgan fingerprint density at radius 1 is 1.40 bits per heavy atom. The van der Waals surface area contributed by atoms with Gasteiger partial charge in [0.2, 0.25) is 5.52 Å². The van der Waals surface area contributed by atoms with Gasteiger partial charge in [0.1, 0.15) is 4.70 Å². The van der Waals surface area contributed by atoms with E-state index in [4.69, 9.17) is 16.0 Å². The van der Waals surface area contributed by atoms with Crippen molar-refractivity contribution in [3.05, 3.63) is 33.4 Å². The third-order valence-electron chi connectivity index (χ3n) is 3.96. The van der Waals surface area contributed by atoms with Crippen LogP contribution in [0.1, 0.15) is 25.6 Å². The zero-order valence-electron chi connectivity index (χ0n) is 12.5. The van der Waals surface area contributed by atoms with Crippen molar-refractivity contribution >= 4 is 41.5 Å². The lowest BCUT2D eigenvalue weighted by Gasteiger charge is -2.35. The Kier molecular flexibility index (Phi) is 4.17. The van der Waals surface area contributed by atoms with Crippen LogP contribution in [0, 0.1) is 5.21 Å². The summed E-state index contributed by atoms with van der Waals surface area (Å²) < 4.78 is 7.87. The van der Waals surface area contributed by atoms with Crippen molar-refractivity contribution in [2.24, 2.45) is 0 Å². The fraction of sp³-hybridized carbons (Fsp3) is 0.500. The summed E-state index contributed by atoms with van der Waals surface area (Å²) in [7, 11) is -1.78. The van der Waals surface area contributed by atoms with Crippen molar-refractivity contribution in [3.63, 3.8) is 0 Å². The molecule has 0 aliphatic rings. The molecule has 0 amide bonds. The SMILES string of the molecule is CC(C)(C)[Si](C)(C)OCc1cc2c(s1)c(Cl)cc[n+]2[O-]. The molecule has 0 saturated carbocycles. The minimum Gasteiger partial charge on any atom is -0.618 e. The molecule has 0 saturated heterocycles. The molecule has 110 valence electrons. The molecule has 0 aliphatic carbocycles. The Morgan fingerprint density at radius 2 is 2.05 bits per heavy atom. The number of halogens is 1. The zero-order valence-corrected chi connectivity index (χ0v) is 15.1. The van der Waals surface area contributed by atoms with Crippen molar-refractivity contribution < 1.29 is 9.16 Å². The van der Waals surface area contributed by atoms with Crippen LogP contribution in [0.4, 0.5) is 0 Å². The largest absolute Gasteiger partial charge is 0.618 e. The van der Waals surface area contributed by atoms with E-state index in [0.717, 1.165) is 14.3 Å².